The molecule has 0 saturated heterocycles. The van der Waals surface area contributed by atoms with Crippen molar-refractivity contribution >= 4 is 0 Å². The summed E-state index contributed by atoms with van der Waals surface area (Å²) in [6.45, 7) is 1.58. The van der Waals surface area contributed by atoms with Gasteiger partial charge in [0.05, 0.1) is 13.2 Å². The van der Waals surface area contributed by atoms with Crippen LogP contribution in [0.1, 0.15) is 0 Å². The molecule has 0 radical (unpaired) electrons. The van der Waals surface area contributed by atoms with Crippen molar-refractivity contribution in [1.82, 2.24) is 0 Å². The third kappa shape index (κ3) is 5.48. The second kappa shape index (κ2) is 6.48. The molecule has 0 saturated carbocycles. The molecule has 2 heteroatoms. The molecule has 0 rings (SSSR count). The maximum atomic E-state index is 4.89. The van der Waals surface area contributed by atoms with Gasteiger partial charge in [-0.1, -0.05) is 5.92 Å². The van der Waals surface area contributed by atoms with Crippen LogP contribution in [0.2, 0.25) is 0 Å². The van der Waals surface area contributed by atoms with Crippen LogP contribution in [0.4, 0.5) is 0 Å². The first-order valence-electron chi connectivity index (χ1n) is 2.42. The van der Waals surface area contributed by atoms with Crippen molar-refractivity contribution in [2.45, 2.75) is 0 Å². The van der Waals surface area contributed by atoms with Gasteiger partial charge in [-0.3, -0.25) is 0 Å². The first-order chi connectivity index (χ1) is 3.91. The predicted octanol–water partition coefficient (Wildman–Crippen LogP) is 0.283. The van der Waals surface area contributed by atoms with E-state index >= 15 is 0 Å². The Kier molecular flexibility index (Phi) is 6.06. The van der Waals surface area contributed by atoms with E-state index in [2.05, 4.69) is 5.92 Å². The van der Waals surface area contributed by atoms with Gasteiger partial charge >= 0.3 is 0 Å². The number of rotatable bonds is 4. The number of hydrogen-bond acceptors (Lipinski definition) is 2. The SMILES string of the molecule is C#CCOCCOC. The lowest BCUT2D eigenvalue weighted by atomic mass is 10.7. The van der Waals surface area contributed by atoms with E-state index in [0.717, 1.165) is 0 Å². The minimum atomic E-state index is 0.378. The molecule has 0 aromatic heterocycles. The van der Waals surface area contributed by atoms with Crippen molar-refractivity contribution in [3.8, 4) is 12.3 Å². The van der Waals surface area contributed by atoms with E-state index in [1.807, 2.05) is 0 Å². The van der Waals surface area contributed by atoms with Gasteiger partial charge in [0.15, 0.2) is 0 Å². The lowest BCUT2D eigenvalue weighted by molar-refractivity contribution is 0.0877. The average molecular weight is 114 g/mol. The summed E-state index contributed by atoms with van der Waals surface area (Å²) in [5, 5.41) is 0. The molecule has 0 bridgehead atoms. The van der Waals surface area contributed by atoms with E-state index in [1.54, 1.807) is 7.11 Å². The summed E-state index contributed by atoms with van der Waals surface area (Å²) in [6, 6.07) is 0. The molecule has 0 fully saturated rings. The van der Waals surface area contributed by atoms with Crippen LogP contribution in [0.15, 0.2) is 0 Å². The monoisotopic (exact) mass is 114 g/mol. The first-order valence-corrected chi connectivity index (χ1v) is 2.42. The van der Waals surface area contributed by atoms with Crippen LogP contribution < -0.4 is 0 Å². The number of ether oxygens (including phenoxy) is 2. The van der Waals surface area contributed by atoms with Gasteiger partial charge in [0, 0.05) is 7.11 Å². The Morgan fingerprint density at radius 2 is 2.25 bits per heavy atom. The van der Waals surface area contributed by atoms with Gasteiger partial charge in [-0.25, -0.2) is 0 Å². The molecule has 0 aromatic carbocycles. The van der Waals surface area contributed by atoms with E-state index < -0.39 is 0 Å². The standard InChI is InChI=1S/C6H10O2/c1-3-4-8-6-5-7-2/h1H,4-6H2,2H3. The molecule has 46 valence electrons. The number of terminal acetylenes is 1. The Morgan fingerprint density at radius 3 is 2.75 bits per heavy atom. The van der Waals surface area contributed by atoms with Crippen molar-refractivity contribution in [1.29, 1.82) is 0 Å². The van der Waals surface area contributed by atoms with E-state index in [0.29, 0.717) is 19.8 Å². The zero-order valence-electron chi connectivity index (χ0n) is 5.02. The Bertz CT molecular complexity index is 73.1. The summed E-state index contributed by atoms with van der Waals surface area (Å²) in [4.78, 5) is 0. The summed E-state index contributed by atoms with van der Waals surface area (Å²) in [6.07, 6.45) is 4.89. The van der Waals surface area contributed by atoms with Gasteiger partial charge < -0.3 is 9.47 Å². The summed E-state index contributed by atoms with van der Waals surface area (Å²) in [5.41, 5.74) is 0. The summed E-state index contributed by atoms with van der Waals surface area (Å²) in [7, 11) is 1.62. The molecular weight excluding hydrogens is 104 g/mol. The van der Waals surface area contributed by atoms with E-state index in [1.165, 1.54) is 0 Å². The molecule has 0 atom stereocenters. The highest BCUT2D eigenvalue weighted by atomic mass is 16.5. The maximum Gasteiger partial charge on any atom is 0.107 e. The van der Waals surface area contributed by atoms with E-state index in [4.69, 9.17) is 15.9 Å². The van der Waals surface area contributed by atoms with Gasteiger partial charge in [-0.2, -0.15) is 0 Å². The molecule has 0 spiro atoms. The smallest absolute Gasteiger partial charge is 0.107 e. The van der Waals surface area contributed by atoms with Crippen molar-refractivity contribution in [3.05, 3.63) is 0 Å². The molecule has 0 amide bonds. The fourth-order valence-corrected chi connectivity index (χ4v) is 0.273. The Hall–Kier alpha value is -0.520. The lowest BCUT2D eigenvalue weighted by Gasteiger charge is -1.95. The van der Waals surface area contributed by atoms with Crippen molar-refractivity contribution in [2.24, 2.45) is 0 Å². The fourth-order valence-electron chi connectivity index (χ4n) is 0.273. The highest BCUT2D eigenvalue weighted by Gasteiger charge is 1.79. The lowest BCUT2D eigenvalue weighted by Crippen LogP contribution is -2.00. The highest BCUT2D eigenvalue weighted by molar-refractivity contribution is 4.82. The molecule has 0 aliphatic heterocycles. The number of hydrogen-bond donors (Lipinski definition) is 0. The second-order valence-electron chi connectivity index (χ2n) is 1.25. The summed E-state index contributed by atoms with van der Waals surface area (Å²) in [5.74, 6) is 2.35. The minimum Gasteiger partial charge on any atom is -0.382 e. The Balaban J connectivity index is 2.65. The van der Waals surface area contributed by atoms with Crippen LogP contribution >= 0.6 is 0 Å². The topological polar surface area (TPSA) is 18.5 Å². The Labute approximate surface area is 49.8 Å². The molecule has 0 N–H and O–H groups in total. The zero-order chi connectivity index (χ0) is 6.24. The van der Waals surface area contributed by atoms with Crippen molar-refractivity contribution in [2.75, 3.05) is 26.9 Å². The minimum absolute atomic E-state index is 0.378. The fraction of sp³-hybridized carbons (Fsp3) is 0.667. The largest absolute Gasteiger partial charge is 0.382 e. The molecule has 0 aliphatic rings. The number of methoxy groups -OCH3 is 1. The molecule has 0 unspecified atom stereocenters. The zero-order valence-corrected chi connectivity index (χ0v) is 5.02. The van der Waals surface area contributed by atoms with Crippen molar-refractivity contribution in [3.63, 3.8) is 0 Å². The molecule has 0 aromatic rings. The van der Waals surface area contributed by atoms with Crippen molar-refractivity contribution < 1.29 is 9.47 Å². The quantitative estimate of drug-likeness (QED) is 0.386. The van der Waals surface area contributed by atoms with Gasteiger partial charge in [0.1, 0.15) is 6.61 Å². The highest BCUT2D eigenvalue weighted by Crippen LogP contribution is 1.71. The van der Waals surface area contributed by atoms with E-state index in [-0.39, 0.29) is 0 Å². The van der Waals surface area contributed by atoms with Crippen LogP contribution in [-0.2, 0) is 9.47 Å². The molecular formula is C6H10O2. The molecule has 0 heterocycles. The third-order valence-corrected chi connectivity index (χ3v) is 0.617. The summed E-state index contributed by atoms with van der Waals surface area (Å²) < 4.78 is 9.56. The van der Waals surface area contributed by atoms with Gasteiger partial charge in [0.25, 0.3) is 0 Å². The molecule has 8 heavy (non-hydrogen) atoms. The van der Waals surface area contributed by atoms with Crippen LogP contribution in [-0.4, -0.2) is 26.9 Å². The molecule has 0 aliphatic carbocycles. The predicted molar refractivity (Wildman–Crippen MR) is 31.5 cm³/mol. The van der Waals surface area contributed by atoms with Crippen LogP contribution in [0.3, 0.4) is 0 Å². The van der Waals surface area contributed by atoms with Crippen LogP contribution in [0.5, 0.6) is 0 Å². The normalized spacial score (nSPS) is 8.50. The average Bonchev–Trinajstić information content (AvgIpc) is 1.81. The Morgan fingerprint density at radius 1 is 1.50 bits per heavy atom. The first kappa shape index (κ1) is 7.48. The third-order valence-electron chi connectivity index (χ3n) is 0.617. The maximum absolute atomic E-state index is 4.89. The van der Waals surface area contributed by atoms with Crippen LogP contribution in [0.25, 0.3) is 0 Å². The molecule has 2 nitrogen and oxygen atoms in total. The summed E-state index contributed by atoms with van der Waals surface area (Å²) >= 11 is 0. The second-order valence-corrected chi connectivity index (χ2v) is 1.25. The van der Waals surface area contributed by atoms with Gasteiger partial charge in [-0.15, -0.1) is 6.42 Å². The van der Waals surface area contributed by atoms with Gasteiger partial charge in [-0.05, 0) is 0 Å². The van der Waals surface area contributed by atoms with Crippen LogP contribution in [0, 0.1) is 12.3 Å². The van der Waals surface area contributed by atoms with E-state index in [9.17, 15) is 0 Å². The van der Waals surface area contributed by atoms with Gasteiger partial charge in [0.2, 0.25) is 0 Å².